The molecule has 13 heavy (non-hydrogen) atoms. The maximum Gasteiger partial charge on any atom is 0.152 e. The molecule has 1 aromatic rings. The van der Waals surface area contributed by atoms with Gasteiger partial charge >= 0.3 is 0 Å². The third-order valence-corrected chi connectivity index (χ3v) is 3.71. The summed E-state index contributed by atoms with van der Waals surface area (Å²) in [6.07, 6.45) is 0.854. The van der Waals surface area contributed by atoms with Crippen molar-refractivity contribution in [3.8, 4) is 0 Å². The highest BCUT2D eigenvalue weighted by Gasteiger charge is 2.23. The third-order valence-electron chi connectivity index (χ3n) is 2.01. The van der Waals surface area contributed by atoms with Gasteiger partial charge in [0.15, 0.2) is 5.82 Å². The van der Waals surface area contributed by atoms with E-state index in [1.807, 2.05) is 7.05 Å². The molecular formula is C8H15BrN4. The summed E-state index contributed by atoms with van der Waals surface area (Å²) in [5.74, 6) is 0.914. The molecule has 0 saturated heterocycles. The molecule has 1 aromatic heterocycles. The molecular weight excluding hydrogens is 232 g/mol. The molecule has 0 radical (unpaired) electrons. The van der Waals surface area contributed by atoms with Gasteiger partial charge in [-0.25, -0.2) is 4.68 Å². The summed E-state index contributed by atoms with van der Waals surface area (Å²) in [4.78, 5) is 0.393. The minimum Gasteiger partial charge on any atom is -0.233 e. The number of halogens is 1. The lowest BCUT2D eigenvalue weighted by atomic mass is 9.90. The number of nitrogens with zero attached hydrogens (tertiary/aromatic N) is 4. The molecule has 0 bridgehead atoms. The molecule has 5 heteroatoms. The minimum atomic E-state index is 0.228. The Bertz CT molecular complexity index is 276. The van der Waals surface area contributed by atoms with E-state index in [-0.39, 0.29) is 5.41 Å². The molecule has 1 heterocycles. The van der Waals surface area contributed by atoms with Gasteiger partial charge < -0.3 is 0 Å². The lowest BCUT2D eigenvalue weighted by molar-refractivity contribution is 0.391. The fourth-order valence-corrected chi connectivity index (χ4v) is 1.18. The second kappa shape index (κ2) is 3.74. The van der Waals surface area contributed by atoms with Crippen LogP contribution >= 0.6 is 15.9 Å². The fourth-order valence-electron chi connectivity index (χ4n) is 0.887. The Morgan fingerprint density at radius 3 is 2.46 bits per heavy atom. The van der Waals surface area contributed by atoms with Gasteiger partial charge in [0.25, 0.3) is 0 Å². The van der Waals surface area contributed by atoms with Gasteiger partial charge in [-0.1, -0.05) is 36.7 Å². The number of aryl methyl sites for hydroxylation is 1. The Hall–Kier alpha value is -0.450. The van der Waals surface area contributed by atoms with Crippen LogP contribution in [0.15, 0.2) is 0 Å². The average molecular weight is 247 g/mol. The van der Waals surface area contributed by atoms with Crippen molar-refractivity contribution in [3.63, 3.8) is 0 Å². The molecule has 0 aliphatic rings. The SMILES string of the molecule is Cn1nnnc1CC(Br)C(C)(C)C. The first-order chi connectivity index (χ1) is 5.91. The van der Waals surface area contributed by atoms with Crippen molar-refractivity contribution in [3.05, 3.63) is 5.82 Å². The number of alkyl halides is 1. The van der Waals surface area contributed by atoms with Crippen LogP contribution in [0, 0.1) is 5.41 Å². The largest absolute Gasteiger partial charge is 0.233 e. The van der Waals surface area contributed by atoms with E-state index in [0.29, 0.717) is 4.83 Å². The Balaban J connectivity index is 2.65. The summed E-state index contributed by atoms with van der Waals surface area (Å²) in [5, 5.41) is 11.3. The van der Waals surface area contributed by atoms with E-state index >= 15 is 0 Å². The zero-order valence-electron chi connectivity index (χ0n) is 8.45. The van der Waals surface area contributed by atoms with Crippen molar-refractivity contribution in [2.45, 2.75) is 32.0 Å². The summed E-state index contributed by atoms with van der Waals surface area (Å²) < 4.78 is 1.71. The quantitative estimate of drug-likeness (QED) is 0.745. The van der Waals surface area contributed by atoms with E-state index in [2.05, 4.69) is 52.2 Å². The predicted octanol–water partition coefficient (Wildman–Crippen LogP) is 1.56. The van der Waals surface area contributed by atoms with Gasteiger partial charge in [-0.2, -0.15) is 0 Å². The van der Waals surface area contributed by atoms with Gasteiger partial charge in [0.05, 0.1) is 0 Å². The maximum absolute atomic E-state index is 3.94. The van der Waals surface area contributed by atoms with Crippen molar-refractivity contribution in [1.82, 2.24) is 20.2 Å². The summed E-state index contributed by atoms with van der Waals surface area (Å²) >= 11 is 3.64. The summed E-state index contributed by atoms with van der Waals surface area (Å²) in [7, 11) is 1.86. The minimum absolute atomic E-state index is 0.228. The lowest BCUT2D eigenvalue weighted by Crippen LogP contribution is -2.23. The molecule has 0 aliphatic carbocycles. The average Bonchev–Trinajstić information content (AvgIpc) is 2.34. The Morgan fingerprint density at radius 1 is 1.46 bits per heavy atom. The van der Waals surface area contributed by atoms with Crippen molar-refractivity contribution in [2.75, 3.05) is 0 Å². The van der Waals surface area contributed by atoms with Gasteiger partial charge in [0, 0.05) is 18.3 Å². The highest BCUT2D eigenvalue weighted by molar-refractivity contribution is 9.09. The van der Waals surface area contributed by atoms with Crippen LogP contribution in [-0.4, -0.2) is 25.0 Å². The number of hydrogen-bond acceptors (Lipinski definition) is 3. The highest BCUT2D eigenvalue weighted by atomic mass is 79.9. The number of rotatable bonds is 2. The van der Waals surface area contributed by atoms with E-state index in [9.17, 15) is 0 Å². The second-order valence-electron chi connectivity index (χ2n) is 4.26. The Kier molecular flexibility index (Phi) is 3.05. The lowest BCUT2D eigenvalue weighted by Gasteiger charge is -2.24. The molecule has 1 unspecified atom stereocenters. The number of aromatic nitrogens is 4. The number of hydrogen-bond donors (Lipinski definition) is 0. The van der Waals surface area contributed by atoms with Gasteiger partial charge in [-0.3, -0.25) is 0 Å². The standard InChI is InChI=1S/C8H15BrN4/c1-8(2,3)6(9)5-7-10-11-12-13(7)4/h6H,5H2,1-4H3. The van der Waals surface area contributed by atoms with E-state index in [0.717, 1.165) is 12.2 Å². The molecule has 0 N–H and O–H groups in total. The first-order valence-electron chi connectivity index (χ1n) is 4.26. The van der Waals surface area contributed by atoms with Crippen LogP contribution in [0.1, 0.15) is 26.6 Å². The molecule has 0 spiro atoms. The highest BCUT2D eigenvalue weighted by Crippen LogP contribution is 2.28. The Labute approximate surface area is 86.8 Å². The molecule has 0 aliphatic heterocycles. The monoisotopic (exact) mass is 246 g/mol. The zero-order chi connectivity index (χ0) is 10.1. The van der Waals surface area contributed by atoms with E-state index in [1.54, 1.807) is 4.68 Å². The van der Waals surface area contributed by atoms with Gasteiger partial charge in [-0.05, 0) is 15.8 Å². The van der Waals surface area contributed by atoms with Crippen molar-refractivity contribution in [2.24, 2.45) is 12.5 Å². The molecule has 1 rings (SSSR count). The van der Waals surface area contributed by atoms with E-state index in [4.69, 9.17) is 0 Å². The summed E-state index contributed by atoms with van der Waals surface area (Å²) in [5.41, 5.74) is 0.228. The summed E-state index contributed by atoms with van der Waals surface area (Å²) in [6, 6.07) is 0. The van der Waals surface area contributed by atoms with Crippen molar-refractivity contribution in [1.29, 1.82) is 0 Å². The first-order valence-corrected chi connectivity index (χ1v) is 5.18. The van der Waals surface area contributed by atoms with Gasteiger partial charge in [0.1, 0.15) is 0 Å². The van der Waals surface area contributed by atoms with Gasteiger partial charge in [-0.15, -0.1) is 5.10 Å². The summed E-state index contributed by atoms with van der Waals surface area (Å²) in [6.45, 7) is 6.57. The Morgan fingerprint density at radius 2 is 2.08 bits per heavy atom. The predicted molar refractivity (Wildman–Crippen MR) is 54.7 cm³/mol. The van der Waals surface area contributed by atoms with Crippen molar-refractivity contribution < 1.29 is 0 Å². The second-order valence-corrected chi connectivity index (χ2v) is 5.36. The van der Waals surface area contributed by atoms with Crippen LogP contribution in [0.3, 0.4) is 0 Å². The molecule has 1 atom stereocenters. The maximum atomic E-state index is 3.94. The smallest absolute Gasteiger partial charge is 0.152 e. The first kappa shape index (κ1) is 10.6. The molecule has 4 nitrogen and oxygen atoms in total. The zero-order valence-corrected chi connectivity index (χ0v) is 10.0. The van der Waals surface area contributed by atoms with Gasteiger partial charge in [0.2, 0.25) is 0 Å². The fraction of sp³-hybridized carbons (Fsp3) is 0.875. The third kappa shape index (κ3) is 2.76. The van der Waals surface area contributed by atoms with E-state index in [1.165, 1.54) is 0 Å². The number of tetrazole rings is 1. The molecule has 0 amide bonds. The molecule has 0 saturated carbocycles. The van der Waals surface area contributed by atoms with Crippen LogP contribution in [0.2, 0.25) is 0 Å². The van der Waals surface area contributed by atoms with E-state index < -0.39 is 0 Å². The van der Waals surface area contributed by atoms with Crippen LogP contribution in [-0.2, 0) is 13.5 Å². The van der Waals surface area contributed by atoms with Crippen LogP contribution in [0.4, 0.5) is 0 Å². The normalized spacial score (nSPS) is 14.5. The van der Waals surface area contributed by atoms with Crippen molar-refractivity contribution >= 4 is 15.9 Å². The topological polar surface area (TPSA) is 43.6 Å². The molecule has 0 fully saturated rings. The van der Waals surface area contributed by atoms with Crippen LogP contribution < -0.4 is 0 Å². The van der Waals surface area contributed by atoms with Crippen LogP contribution in [0.25, 0.3) is 0 Å². The van der Waals surface area contributed by atoms with Crippen LogP contribution in [0.5, 0.6) is 0 Å². The molecule has 74 valence electrons. The molecule has 0 aromatic carbocycles.